The molecule has 0 amide bonds. The summed E-state index contributed by atoms with van der Waals surface area (Å²) in [6.45, 7) is 3.69. The summed E-state index contributed by atoms with van der Waals surface area (Å²) in [7, 11) is 0. The number of halogens is 1. The van der Waals surface area contributed by atoms with Gasteiger partial charge in [-0.25, -0.2) is 4.79 Å². The second-order valence-corrected chi connectivity index (χ2v) is 4.54. The molecule has 96 valence electrons. The smallest absolute Gasteiger partial charge is 0.442 e. The van der Waals surface area contributed by atoms with Crippen LogP contribution in [0.3, 0.4) is 0 Å². The van der Waals surface area contributed by atoms with Crippen molar-refractivity contribution in [2.45, 2.75) is 19.8 Å². The van der Waals surface area contributed by atoms with Crippen LogP contribution < -0.4 is 11.5 Å². The standard InChI is InChI=1S/C11H12ClN3O3/c1-5(2)10-14-15(11(17)18-10)8-4-9(16)6(12)3-7(8)13/h3-5,16H,13H2,1-2H3. The maximum absolute atomic E-state index is 11.7. The van der Waals surface area contributed by atoms with Crippen molar-refractivity contribution in [1.29, 1.82) is 0 Å². The third kappa shape index (κ3) is 2.06. The van der Waals surface area contributed by atoms with Gasteiger partial charge in [0.1, 0.15) is 5.75 Å². The topological polar surface area (TPSA) is 94.3 Å². The van der Waals surface area contributed by atoms with Crippen LogP contribution in [0.1, 0.15) is 25.7 Å². The van der Waals surface area contributed by atoms with E-state index >= 15 is 0 Å². The van der Waals surface area contributed by atoms with Crippen molar-refractivity contribution in [2.24, 2.45) is 0 Å². The normalized spacial score (nSPS) is 11.1. The molecule has 0 saturated carbocycles. The number of anilines is 1. The van der Waals surface area contributed by atoms with Gasteiger partial charge in [0.25, 0.3) is 0 Å². The lowest BCUT2D eigenvalue weighted by molar-refractivity contribution is 0.439. The van der Waals surface area contributed by atoms with Gasteiger partial charge >= 0.3 is 5.76 Å². The Morgan fingerprint density at radius 3 is 2.72 bits per heavy atom. The number of nitrogen functional groups attached to an aromatic ring is 1. The highest BCUT2D eigenvalue weighted by molar-refractivity contribution is 6.32. The van der Waals surface area contributed by atoms with Crippen LogP contribution in [0.25, 0.3) is 5.69 Å². The average molecular weight is 270 g/mol. The molecule has 6 nitrogen and oxygen atoms in total. The first-order valence-corrected chi connectivity index (χ1v) is 5.66. The zero-order chi connectivity index (χ0) is 13.4. The van der Waals surface area contributed by atoms with Gasteiger partial charge in [-0.2, -0.15) is 4.68 Å². The van der Waals surface area contributed by atoms with Crippen molar-refractivity contribution >= 4 is 17.3 Å². The molecule has 1 aromatic heterocycles. The minimum Gasteiger partial charge on any atom is -0.506 e. The van der Waals surface area contributed by atoms with Gasteiger partial charge < -0.3 is 15.3 Å². The van der Waals surface area contributed by atoms with Gasteiger partial charge in [-0.3, -0.25) is 0 Å². The highest BCUT2D eigenvalue weighted by atomic mass is 35.5. The van der Waals surface area contributed by atoms with E-state index in [0.29, 0.717) is 5.89 Å². The number of hydrogen-bond acceptors (Lipinski definition) is 5. The van der Waals surface area contributed by atoms with Crippen molar-refractivity contribution in [2.75, 3.05) is 5.73 Å². The highest BCUT2D eigenvalue weighted by Crippen LogP contribution is 2.30. The molecule has 0 bridgehead atoms. The molecule has 0 radical (unpaired) electrons. The molecule has 0 spiro atoms. The highest BCUT2D eigenvalue weighted by Gasteiger charge is 2.16. The van der Waals surface area contributed by atoms with Gasteiger partial charge in [-0.1, -0.05) is 25.4 Å². The second-order valence-electron chi connectivity index (χ2n) is 4.14. The molecule has 0 aliphatic rings. The molecule has 7 heteroatoms. The van der Waals surface area contributed by atoms with Crippen LogP contribution in [0, 0.1) is 0 Å². The van der Waals surface area contributed by atoms with E-state index in [0.717, 1.165) is 4.68 Å². The van der Waals surface area contributed by atoms with Crippen LogP contribution in [0.4, 0.5) is 5.69 Å². The van der Waals surface area contributed by atoms with Crippen LogP contribution >= 0.6 is 11.6 Å². The predicted octanol–water partition coefficient (Wildman–Crippen LogP) is 1.89. The van der Waals surface area contributed by atoms with Crippen LogP contribution in [0.15, 0.2) is 21.3 Å². The molecule has 2 aromatic rings. The van der Waals surface area contributed by atoms with E-state index in [1.807, 2.05) is 13.8 Å². The maximum Gasteiger partial charge on any atom is 0.442 e. The molecule has 18 heavy (non-hydrogen) atoms. The average Bonchev–Trinajstić information content (AvgIpc) is 2.66. The second kappa shape index (κ2) is 4.38. The molecular weight excluding hydrogens is 258 g/mol. The molecule has 0 aliphatic heterocycles. The number of benzene rings is 1. The Bertz CT molecular complexity index is 645. The monoisotopic (exact) mass is 269 g/mol. The molecule has 0 unspecified atom stereocenters. The minimum atomic E-state index is -0.660. The molecule has 3 N–H and O–H groups in total. The molecule has 0 fully saturated rings. The third-order valence-electron chi connectivity index (χ3n) is 2.38. The van der Waals surface area contributed by atoms with E-state index in [1.54, 1.807) is 0 Å². The van der Waals surface area contributed by atoms with Crippen molar-refractivity contribution in [3.05, 3.63) is 33.6 Å². The quantitative estimate of drug-likeness (QED) is 0.641. The fourth-order valence-corrected chi connectivity index (χ4v) is 1.60. The van der Waals surface area contributed by atoms with Crippen LogP contribution in [0.5, 0.6) is 5.75 Å². The van der Waals surface area contributed by atoms with Gasteiger partial charge in [0.05, 0.1) is 16.4 Å². The first kappa shape index (κ1) is 12.5. The Balaban J connectivity index is 2.62. The number of aromatic hydroxyl groups is 1. The Kier molecular flexibility index (Phi) is 3.04. The Hall–Kier alpha value is -1.95. The Morgan fingerprint density at radius 1 is 1.50 bits per heavy atom. The summed E-state index contributed by atoms with van der Waals surface area (Å²) in [5.41, 5.74) is 6.20. The van der Waals surface area contributed by atoms with Gasteiger partial charge in [-0.15, -0.1) is 5.10 Å². The Morgan fingerprint density at radius 2 is 2.17 bits per heavy atom. The summed E-state index contributed by atoms with van der Waals surface area (Å²) >= 11 is 5.71. The van der Waals surface area contributed by atoms with E-state index in [4.69, 9.17) is 21.8 Å². The lowest BCUT2D eigenvalue weighted by atomic mass is 10.2. The molecule has 1 aromatic carbocycles. The minimum absolute atomic E-state index is 0.0268. The fraction of sp³-hybridized carbons (Fsp3) is 0.273. The van der Waals surface area contributed by atoms with Crippen molar-refractivity contribution in [3.8, 4) is 11.4 Å². The summed E-state index contributed by atoms with van der Waals surface area (Å²) < 4.78 is 5.98. The first-order valence-electron chi connectivity index (χ1n) is 5.28. The van der Waals surface area contributed by atoms with Gasteiger partial charge in [0.15, 0.2) is 0 Å². The number of nitrogens with zero attached hydrogens (tertiary/aromatic N) is 2. The molecule has 0 saturated heterocycles. The van der Waals surface area contributed by atoms with Gasteiger partial charge in [0, 0.05) is 12.0 Å². The van der Waals surface area contributed by atoms with E-state index < -0.39 is 5.76 Å². The van der Waals surface area contributed by atoms with Crippen molar-refractivity contribution < 1.29 is 9.52 Å². The molecule has 0 aliphatic carbocycles. The lowest BCUT2D eigenvalue weighted by Crippen LogP contribution is -2.15. The van der Waals surface area contributed by atoms with Crippen LogP contribution in [0.2, 0.25) is 5.02 Å². The molecule has 1 heterocycles. The number of phenolic OH excluding ortho intramolecular Hbond substituents is 1. The third-order valence-corrected chi connectivity index (χ3v) is 2.68. The number of hydrogen-bond donors (Lipinski definition) is 2. The van der Waals surface area contributed by atoms with Crippen LogP contribution in [-0.2, 0) is 0 Å². The number of phenols is 1. The van der Waals surface area contributed by atoms with Gasteiger partial charge in [0.2, 0.25) is 5.89 Å². The van der Waals surface area contributed by atoms with E-state index in [2.05, 4.69) is 5.10 Å². The molecular formula is C11H12ClN3O3. The lowest BCUT2D eigenvalue weighted by Gasteiger charge is -2.05. The van der Waals surface area contributed by atoms with E-state index in [1.165, 1.54) is 12.1 Å². The van der Waals surface area contributed by atoms with Crippen molar-refractivity contribution in [3.63, 3.8) is 0 Å². The SMILES string of the molecule is CC(C)c1nn(-c2cc(O)c(Cl)cc2N)c(=O)o1. The number of nitrogens with two attached hydrogens (primary N) is 1. The number of aromatic nitrogens is 2. The molecule has 0 atom stereocenters. The van der Waals surface area contributed by atoms with Crippen LogP contribution in [-0.4, -0.2) is 14.9 Å². The van der Waals surface area contributed by atoms with E-state index in [-0.39, 0.29) is 28.1 Å². The number of rotatable bonds is 2. The summed E-state index contributed by atoms with van der Waals surface area (Å²) in [6.07, 6.45) is 0. The predicted molar refractivity (Wildman–Crippen MR) is 67.3 cm³/mol. The van der Waals surface area contributed by atoms with Crippen molar-refractivity contribution in [1.82, 2.24) is 9.78 Å². The zero-order valence-electron chi connectivity index (χ0n) is 9.85. The molecule has 2 rings (SSSR count). The summed E-state index contributed by atoms with van der Waals surface area (Å²) in [5.74, 6) is -0.566. The first-order chi connectivity index (χ1) is 8.40. The summed E-state index contributed by atoms with van der Waals surface area (Å²) in [6, 6.07) is 2.62. The zero-order valence-corrected chi connectivity index (χ0v) is 10.6. The largest absolute Gasteiger partial charge is 0.506 e. The summed E-state index contributed by atoms with van der Waals surface area (Å²) in [4.78, 5) is 11.7. The fourth-order valence-electron chi connectivity index (χ4n) is 1.43. The maximum atomic E-state index is 11.7. The van der Waals surface area contributed by atoms with E-state index in [9.17, 15) is 9.90 Å². The Labute approximate surface area is 108 Å². The summed E-state index contributed by atoms with van der Waals surface area (Å²) in [5, 5.41) is 13.7. The van der Waals surface area contributed by atoms with Gasteiger partial charge in [-0.05, 0) is 6.07 Å².